The van der Waals surface area contributed by atoms with Gasteiger partial charge in [-0.25, -0.2) is 4.98 Å². The molecule has 166 valence electrons. The van der Waals surface area contributed by atoms with Crippen molar-refractivity contribution < 1.29 is 4.74 Å². The summed E-state index contributed by atoms with van der Waals surface area (Å²) in [6.07, 6.45) is 18.9. The second-order valence-corrected chi connectivity index (χ2v) is 9.39. The number of benzene rings is 1. The number of piperidine rings is 1. The molecule has 0 bridgehead atoms. The molecule has 2 aliphatic rings. The first-order chi connectivity index (χ1) is 15.3. The zero-order valence-electron chi connectivity index (χ0n) is 19.1. The van der Waals surface area contributed by atoms with Crippen LogP contribution >= 0.6 is 0 Å². The Kier molecular flexibility index (Phi) is 8.17. The summed E-state index contributed by atoms with van der Waals surface area (Å²) < 4.78 is 5.42. The van der Waals surface area contributed by atoms with Crippen LogP contribution in [-0.4, -0.2) is 30.1 Å². The molecule has 1 aromatic heterocycles. The third kappa shape index (κ3) is 6.43. The molecule has 0 spiro atoms. The molecule has 0 unspecified atom stereocenters. The molecular formula is C28H38N2O. The van der Waals surface area contributed by atoms with Gasteiger partial charge in [-0.3, -0.25) is 4.90 Å². The Labute approximate surface area is 188 Å². The first-order valence-electron chi connectivity index (χ1n) is 12.3. The van der Waals surface area contributed by atoms with Crippen molar-refractivity contribution in [3.05, 3.63) is 65.4 Å². The van der Waals surface area contributed by atoms with Gasteiger partial charge >= 0.3 is 0 Å². The maximum Gasteiger partial charge on any atom is 0.217 e. The van der Waals surface area contributed by atoms with E-state index in [4.69, 9.17) is 4.74 Å². The van der Waals surface area contributed by atoms with Gasteiger partial charge in [0.25, 0.3) is 0 Å². The smallest absolute Gasteiger partial charge is 0.217 e. The summed E-state index contributed by atoms with van der Waals surface area (Å²) in [6.45, 7) is 3.20. The second-order valence-electron chi connectivity index (χ2n) is 9.39. The quantitative estimate of drug-likeness (QED) is 0.487. The minimum Gasteiger partial charge on any atom is -0.481 e. The van der Waals surface area contributed by atoms with Crippen LogP contribution in [0.1, 0.15) is 68.1 Å². The molecule has 1 saturated heterocycles. The number of pyridine rings is 1. The van der Waals surface area contributed by atoms with Crippen LogP contribution < -0.4 is 4.74 Å². The molecule has 0 N–H and O–H groups in total. The Balaban J connectivity index is 1.28. The molecule has 1 aliphatic heterocycles. The summed E-state index contributed by atoms with van der Waals surface area (Å²) in [4.78, 5) is 6.86. The first-order valence-corrected chi connectivity index (χ1v) is 12.3. The van der Waals surface area contributed by atoms with Gasteiger partial charge in [0.1, 0.15) is 0 Å². The summed E-state index contributed by atoms with van der Waals surface area (Å²) in [5, 5.41) is 0. The molecule has 2 aromatic rings. The van der Waals surface area contributed by atoms with Crippen LogP contribution in [0.5, 0.6) is 5.88 Å². The van der Waals surface area contributed by atoms with Crippen molar-refractivity contribution in [3.63, 3.8) is 0 Å². The number of ether oxygens (including phenoxy) is 1. The molecule has 2 heterocycles. The molecular weight excluding hydrogens is 380 g/mol. The third-order valence-corrected chi connectivity index (χ3v) is 7.22. The summed E-state index contributed by atoms with van der Waals surface area (Å²) in [7, 11) is 1.70. The number of likely N-dealkylation sites (tertiary alicyclic amines) is 1. The normalized spacial score (nSPS) is 19.1. The lowest BCUT2D eigenvalue weighted by atomic mass is 9.84. The van der Waals surface area contributed by atoms with Crippen LogP contribution in [0.15, 0.2) is 48.7 Å². The molecule has 2 fully saturated rings. The predicted octanol–water partition coefficient (Wildman–Crippen LogP) is 6.53. The van der Waals surface area contributed by atoms with Crippen LogP contribution in [0.2, 0.25) is 0 Å². The Morgan fingerprint density at radius 3 is 2.55 bits per heavy atom. The lowest BCUT2D eigenvalue weighted by molar-refractivity contribution is 0.193. The van der Waals surface area contributed by atoms with Crippen LogP contribution in [0, 0.1) is 11.8 Å². The average Bonchev–Trinajstić information content (AvgIpc) is 2.84. The van der Waals surface area contributed by atoms with Gasteiger partial charge in [-0.05, 0) is 67.8 Å². The Bertz CT molecular complexity index is 832. The minimum atomic E-state index is 0.679. The van der Waals surface area contributed by atoms with E-state index in [-0.39, 0.29) is 0 Å². The number of allylic oxidation sites excluding steroid dienone is 1. The lowest BCUT2D eigenvalue weighted by Crippen LogP contribution is -2.32. The van der Waals surface area contributed by atoms with E-state index < -0.39 is 0 Å². The molecule has 3 heteroatoms. The van der Waals surface area contributed by atoms with E-state index in [2.05, 4.69) is 52.4 Å². The van der Waals surface area contributed by atoms with Gasteiger partial charge in [0.15, 0.2) is 0 Å². The summed E-state index contributed by atoms with van der Waals surface area (Å²) >= 11 is 0. The van der Waals surface area contributed by atoms with Gasteiger partial charge in [0.05, 0.1) is 7.11 Å². The van der Waals surface area contributed by atoms with Crippen molar-refractivity contribution >= 4 is 6.08 Å². The number of rotatable bonds is 8. The molecule has 1 aliphatic carbocycles. The number of methoxy groups -OCH3 is 1. The molecule has 0 radical (unpaired) electrons. The molecule has 3 nitrogen and oxygen atoms in total. The van der Waals surface area contributed by atoms with Crippen molar-refractivity contribution in [3.8, 4) is 5.88 Å². The molecule has 0 amide bonds. The standard InChI is InChI=1S/C28H38N2O/c1-31-28-27(12-7-19-29-28)22-30-20-17-24(18-21-30)14-16-26-11-6-5-10-25(26)15-13-23-8-3-2-4-9-23/h5-7,10-12,14,16,19,23-24H,2-4,8-9,13,15,17-18,20-22H2,1H3/b16-14+. The molecule has 1 saturated carbocycles. The number of aromatic nitrogens is 1. The number of aryl methyl sites for hydroxylation is 1. The summed E-state index contributed by atoms with van der Waals surface area (Å²) in [6, 6.07) is 13.2. The van der Waals surface area contributed by atoms with Gasteiger partial charge < -0.3 is 4.74 Å². The minimum absolute atomic E-state index is 0.679. The largest absolute Gasteiger partial charge is 0.481 e. The monoisotopic (exact) mass is 418 g/mol. The Morgan fingerprint density at radius 1 is 0.968 bits per heavy atom. The van der Waals surface area contributed by atoms with Crippen molar-refractivity contribution in [2.24, 2.45) is 11.8 Å². The van der Waals surface area contributed by atoms with Gasteiger partial charge in [0, 0.05) is 18.3 Å². The van der Waals surface area contributed by atoms with E-state index in [1.165, 1.54) is 74.5 Å². The van der Waals surface area contributed by atoms with Crippen molar-refractivity contribution in [1.82, 2.24) is 9.88 Å². The third-order valence-electron chi connectivity index (χ3n) is 7.22. The van der Waals surface area contributed by atoms with Crippen LogP contribution in [0.4, 0.5) is 0 Å². The highest BCUT2D eigenvalue weighted by Crippen LogP contribution is 2.29. The maximum absolute atomic E-state index is 5.42. The van der Waals surface area contributed by atoms with Crippen LogP contribution in [0.25, 0.3) is 6.08 Å². The van der Waals surface area contributed by atoms with E-state index in [9.17, 15) is 0 Å². The Morgan fingerprint density at radius 2 is 1.74 bits per heavy atom. The lowest BCUT2D eigenvalue weighted by Gasteiger charge is -2.30. The van der Waals surface area contributed by atoms with Crippen LogP contribution in [0.3, 0.4) is 0 Å². The van der Waals surface area contributed by atoms with Gasteiger partial charge in [-0.1, -0.05) is 74.6 Å². The number of hydrogen-bond donors (Lipinski definition) is 0. The fraction of sp³-hybridized carbons (Fsp3) is 0.536. The SMILES string of the molecule is COc1ncccc1CN1CCC(/C=C/c2ccccc2CCC2CCCCC2)CC1. The molecule has 31 heavy (non-hydrogen) atoms. The molecule has 0 atom stereocenters. The highest BCUT2D eigenvalue weighted by Gasteiger charge is 2.19. The van der Waals surface area contributed by atoms with E-state index in [1.54, 1.807) is 13.3 Å². The first kappa shape index (κ1) is 22.1. The van der Waals surface area contributed by atoms with Crippen LogP contribution in [-0.2, 0) is 13.0 Å². The fourth-order valence-electron chi connectivity index (χ4n) is 5.27. The van der Waals surface area contributed by atoms with Crippen molar-refractivity contribution in [1.29, 1.82) is 0 Å². The highest BCUT2D eigenvalue weighted by atomic mass is 16.5. The fourth-order valence-corrected chi connectivity index (χ4v) is 5.27. The van der Waals surface area contributed by atoms with Crippen molar-refractivity contribution in [2.45, 2.75) is 64.3 Å². The van der Waals surface area contributed by atoms with E-state index in [0.717, 1.165) is 31.4 Å². The van der Waals surface area contributed by atoms with Gasteiger partial charge in [-0.15, -0.1) is 0 Å². The van der Waals surface area contributed by atoms with E-state index in [0.29, 0.717) is 5.92 Å². The molecule has 1 aromatic carbocycles. The Hall–Kier alpha value is -2.13. The predicted molar refractivity (Wildman–Crippen MR) is 129 cm³/mol. The zero-order chi connectivity index (χ0) is 21.3. The second kappa shape index (κ2) is 11.5. The average molecular weight is 419 g/mol. The van der Waals surface area contributed by atoms with Gasteiger partial charge in [-0.2, -0.15) is 0 Å². The number of nitrogens with zero attached hydrogens (tertiary/aromatic N) is 2. The van der Waals surface area contributed by atoms with E-state index >= 15 is 0 Å². The topological polar surface area (TPSA) is 25.4 Å². The molecule has 4 rings (SSSR count). The zero-order valence-corrected chi connectivity index (χ0v) is 19.1. The summed E-state index contributed by atoms with van der Waals surface area (Å²) in [5.74, 6) is 2.39. The number of hydrogen-bond acceptors (Lipinski definition) is 3. The summed E-state index contributed by atoms with van der Waals surface area (Å²) in [5.41, 5.74) is 4.15. The maximum atomic E-state index is 5.42. The van der Waals surface area contributed by atoms with Gasteiger partial charge in [0.2, 0.25) is 5.88 Å². The van der Waals surface area contributed by atoms with Crippen molar-refractivity contribution in [2.75, 3.05) is 20.2 Å². The highest BCUT2D eigenvalue weighted by molar-refractivity contribution is 5.54. The van der Waals surface area contributed by atoms with E-state index in [1.807, 2.05) is 6.07 Å².